The number of rotatable bonds is 3. The third kappa shape index (κ3) is 3.80. The van der Waals surface area contributed by atoms with E-state index in [4.69, 9.17) is 10.5 Å². The SMILES string of the molecule is CC(c1ccc(C(N)=O)c2[nH]ccc12)C1CN(C(=O)OC(C)(C)C)C1.Cl. The van der Waals surface area contributed by atoms with Gasteiger partial charge in [0.2, 0.25) is 0 Å². The number of aromatic amines is 1. The first-order valence-electron chi connectivity index (χ1n) is 8.55. The van der Waals surface area contributed by atoms with Gasteiger partial charge in [-0.1, -0.05) is 13.0 Å². The van der Waals surface area contributed by atoms with Crippen LogP contribution >= 0.6 is 12.4 Å². The van der Waals surface area contributed by atoms with Crippen LogP contribution in [0, 0.1) is 5.92 Å². The van der Waals surface area contributed by atoms with Crippen molar-refractivity contribution in [3.8, 4) is 0 Å². The molecule has 2 amide bonds. The Bertz CT molecular complexity index is 819. The Morgan fingerprint density at radius 3 is 2.50 bits per heavy atom. The van der Waals surface area contributed by atoms with Gasteiger partial charge in [-0.3, -0.25) is 4.79 Å². The summed E-state index contributed by atoms with van der Waals surface area (Å²) >= 11 is 0. The Balaban J connectivity index is 0.00000243. The van der Waals surface area contributed by atoms with Crippen LogP contribution in [0.15, 0.2) is 24.4 Å². The number of carbonyl (C=O) groups excluding carboxylic acids is 2. The molecule has 0 bridgehead atoms. The summed E-state index contributed by atoms with van der Waals surface area (Å²) in [6.07, 6.45) is 1.56. The Morgan fingerprint density at radius 1 is 1.27 bits per heavy atom. The predicted molar refractivity (Wildman–Crippen MR) is 104 cm³/mol. The van der Waals surface area contributed by atoms with Crippen molar-refractivity contribution in [3.05, 3.63) is 35.5 Å². The van der Waals surface area contributed by atoms with Crippen molar-refractivity contribution in [1.29, 1.82) is 0 Å². The highest BCUT2D eigenvalue weighted by Gasteiger charge is 2.37. The average Bonchev–Trinajstić information content (AvgIpc) is 2.91. The van der Waals surface area contributed by atoms with Crippen LogP contribution in [0.5, 0.6) is 0 Å². The predicted octanol–water partition coefficient (Wildman–Crippen LogP) is 3.66. The van der Waals surface area contributed by atoms with E-state index in [2.05, 4.69) is 11.9 Å². The van der Waals surface area contributed by atoms with Crippen molar-refractivity contribution in [3.63, 3.8) is 0 Å². The molecule has 1 aromatic carbocycles. The Morgan fingerprint density at radius 2 is 1.92 bits per heavy atom. The minimum absolute atomic E-state index is 0. The summed E-state index contributed by atoms with van der Waals surface area (Å²) in [5.41, 5.74) is 7.41. The van der Waals surface area contributed by atoms with Crippen LogP contribution in [0.3, 0.4) is 0 Å². The molecule has 0 aliphatic carbocycles. The number of likely N-dealkylation sites (tertiary alicyclic amines) is 1. The van der Waals surface area contributed by atoms with Crippen molar-refractivity contribution in [1.82, 2.24) is 9.88 Å². The monoisotopic (exact) mass is 379 g/mol. The third-order valence-corrected chi connectivity index (χ3v) is 4.78. The molecule has 1 aromatic heterocycles. The number of aromatic nitrogens is 1. The van der Waals surface area contributed by atoms with Crippen LogP contribution < -0.4 is 5.73 Å². The first-order chi connectivity index (χ1) is 11.7. The highest BCUT2D eigenvalue weighted by molar-refractivity contribution is 6.05. The Labute approximate surface area is 159 Å². The zero-order valence-corrected chi connectivity index (χ0v) is 16.4. The van der Waals surface area contributed by atoms with Gasteiger partial charge < -0.3 is 20.4 Å². The summed E-state index contributed by atoms with van der Waals surface area (Å²) in [5, 5.41) is 1.01. The smallest absolute Gasteiger partial charge is 0.410 e. The van der Waals surface area contributed by atoms with Crippen molar-refractivity contribution < 1.29 is 14.3 Å². The Hall–Kier alpha value is -2.21. The molecule has 0 spiro atoms. The van der Waals surface area contributed by atoms with E-state index in [-0.39, 0.29) is 24.4 Å². The molecular weight excluding hydrogens is 354 g/mol. The summed E-state index contributed by atoms with van der Waals surface area (Å²) in [6.45, 7) is 9.12. The van der Waals surface area contributed by atoms with Gasteiger partial charge in [0.15, 0.2) is 0 Å². The molecule has 1 fully saturated rings. The van der Waals surface area contributed by atoms with Crippen molar-refractivity contribution in [2.75, 3.05) is 13.1 Å². The van der Waals surface area contributed by atoms with E-state index in [1.165, 1.54) is 0 Å². The molecular formula is C19H26ClN3O3. The summed E-state index contributed by atoms with van der Waals surface area (Å²) in [4.78, 5) is 28.5. The normalized spacial score (nSPS) is 15.9. The third-order valence-electron chi connectivity index (χ3n) is 4.78. The number of halogens is 1. The first kappa shape index (κ1) is 20.1. The van der Waals surface area contributed by atoms with E-state index < -0.39 is 11.5 Å². The summed E-state index contributed by atoms with van der Waals surface area (Å²) in [7, 11) is 0. The number of carbonyl (C=O) groups is 2. The van der Waals surface area contributed by atoms with E-state index >= 15 is 0 Å². The van der Waals surface area contributed by atoms with Crippen LogP contribution in [-0.4, -0.2) is 40.6 Å². The van der Waals surface area contributed by atoms with Gasteiger partial charge in [0.25, 0.3) is 5.91 Å². The van der Waals surface area contributed by atoms with E-state index in [9.17, 15) is 9.59 Å². The minimum atomic E-state index is -0.477. The maximum atomic E-state index is 12.1. The molecule has 3 rings (SSSR count). The second kappa shape index (κ2) is 7.19. The number of hydrogen-bond acceptors (Lipinski definition) is 3. The van der Waals surface area contributed by atoms with E-state index in [1.807, 2.05) is 39.1 Å². The van der Waals surface area contributed by atoms with Gasteiger partial charge in [-0.25, -0.2) is 4.79 Å². The highest BCUT2D eigenvalue weighted by atomic mass is 35.5. The maximum absolute atomic E-state index is 12.1. The second-order valence-corrected chi connectivity index (χ2v) is 7.77. The largest absolute Gasteiger partial charge is 0.444 e. The maximum Gasteiger partial charge on any atom is 0.410 e. The number of nitrogens with two attached hydrogens (primary N) is 1. The number of ether oxygens (including phenoxy) is 1. The van der Waals surface area contributed by atoms with Gasteiger partial charge >= 0.3 is 6.09 Å². The lowest BCUT2D eigenvalue weighted by Gasteiger charge is -2.43. The standard InChI is InChI=1S/C19H25N3O3.ClH/c1-11(12-9-22(10-12)18(24)25-19(2,3)4)13-5-6-15(17(20)23)16-14(13)7-8-21-16;/h5-8,11-12,21H,9-10H2,1-4H3,(H2,20,23);1H. The molecule has 3 N–H and O–H groups in total. The fourth-order valence-corrected chi connectivity index (χ4v) is 3.34. The van der Waals surface area contributed by atoms with Gasteiger partial charge in [0, 0.05) is 30.6 Å². The number of nitrogens with zero attached hydrogens (tertiary/aromatic N) is 1. The summed E-state index contributed by atoms with van der Waals surface area (Å²) < 4.78 is 5.41. The molecule has 142 valence electrons. The molecule has 0 saturated carbocycles. The van der Waals surface area contributed by atoms with Crippen molar-refractivity contribution in [2.45, 2.75) is 39.2 Å². The topological polar surface area (TPSA) is 88.4 Å². The molecule has 1 atom stereocenters. The number of H-pyrrole nitrogens is 1. The lowest BCUT2D eigenvalue weighted by molar-refractivity contribution is -0.00412. The quantitative estimate of drug-likeness (QED) is 0.852. The number of primary amides is 1. The molecule has 2 aromatic rings. The lowest BCUT2D eigenvalue weighted by atomic mass is 9.81. The first-order valence-corrected chi connectivity index (χ1v) is 8.55. The van der Waals surface area contributed by atoms with E-state index in [0.29, 0.717) is 24.6 Å². The van der Waals surface area contributed by atoms with Crippen LogP contribution in [-0.2, 0) is 4.74 Å². The zero-order chi connectivity index (χ0) is 18.4. The van der Waals surface area contributed by atoms with Gasteiger partial charge in [0.05, 0.1) is 11.1 Å². The number of benzene rings is 1. The van der Waals surface area contributed by atoms with E-state index in [0.717, 1.165) is 16.5 Å². The minimum Gasteiger partial charge on any atom is -0.444 e. The fourth-order valence-electron chi connectivity index (χ4n) is 3.34. The molecule has 1 saturated heterocycles. The molecule has 1 aliphatic heterocycles. The highest BCUT2D eigenvalue weighted by Crippen LogP contribution is 2.36. The zero-order valence-electron chi connectivity index (χ0n) is 15.5. The molecule has 7 heteroatoms. The molecule has 6 nitrogen and oxygen atoms in total. The summed E-state index contributed by atoms with van der Waals surface area (Å²) in [5.74, 6) is 0.190. The van der Waals surface area contributed by atoms with Crippen LogP contribution in [0.1, 0.15) is 49.5 Å². The van der Waals surface area contributed by atoms with E-state index in [1.54, 1.807) is 11.0 Å². The second-order valence-electron chi connectivity index (χ2n) is 7.77. The lowest BCUT2D eigenvalue weighted by Crippen LogP contribution is -2.53. The number of hydrogen-bond donors (Lipinski definition) is 2. The number of amides is 2. The van der Waals surface area contributed by atoms with Gasteiger partial charge in [0.1, 0.15) is 5.60 Å². The van der Waals surface area contributed by atoms with Crippen LogP contribution in [0.25, 0.3) is 10.9 Å². The number of fused-ring (bicyclic) bond motifs is 1. The van der Waals surface area contributed by atoms with Crippen molar-refractivity contribution in [2.24, 2.45) is 11.7 Å². The average molecular weight is 380 g/mol. The van der Waals surface area contributed by atoms with Crippen LogP contribution in [0.4, 0.5) is 4.79 Å². The molecule has 1 aliphatic rings. The fraction of sp³-hybridized carbons (Fsp3) is 0.474. The van der Waals surface area contributed by atoms with Crippen molar-refractivity contribution >= 4 is 35.3 Å². The number of nitrogens with one attached hydrogen (secondary N) is 1. The molecule has 0 radical (unpaired) electrons. The Kier molecular flexibility index (Phi) is 5.56. The molecule has 1 unspecified atom stereocenters. The van der Waals surface area contributed by atoms with Crippen LogP contribution in [0.2, 0.25) is 0 Å². The van der Waals surface area contributed by atoms with Gasteiger partial charge in [-0.05, 0) is 44.4 Å². The van der Waals surface area contributed by atoms with Gasteiger partial charge in [-0.15, -0.1) is 12.4 Å². The molecule has 2 heterocycles. The van der Waals surface area contributed by atoms with Gasteiger partial charge in [-0.2, -0.15) is 0 Å². The summed E-state index contributed by atoms with van der Waals surface area (Å²) in [6, 6.07) is 5.71. The molecule has 26 heavy (non-hydrogen) atoms.